The summed E-state index contributed by atoms with van der Waals surface area (Å²) in [6.07, 6.45) is 2.85. The van der Waals surface area contributed by atoms with Crippen LogP contribution in [0.25, 0.3) is 6.08 Å². The van der Waals surface area contributed by atoms with Gasteiger partial charge in [0, 0.05) is 5.41 Å². The molecule has 134 valence electrons. The van der Waals surface area contributed by atoms with Crippen molar-refractivity contribution in [3.63, 3.8) is 0 Å². The molecule has 0 aliphatic rings. The largest absolute Gasteiger partial charge is 0.493 e. The van der Waals surface area contributed by atoms with E-state index in [9.17, 15) is 14.9 Å². The van der Waals surface area contributed by atoms with Crippen LogP contribution in [0.4, 0.5) is 0 Å². The number of rotatable bonds is 5. The first-order valence-corrected chi connectivity index (χ1v) is 7.86. The third-order valence-corrected chi connectivity index (χ3v) is 3.47. The summed E-state index contributed by atoms with van der Waals surface area (Å²) in [5, 5.41) is 9.28. The summed E-state index contributed by atoms with van der Waals surface area (Å²) in [4.78, 5) is 24.3. The zero-order valence-electron chi connectivity index (χ0n) is 15.0. The van der Waals surface area contributed by atoms with Crippen LogP contribution in [-0.4, -0.2) is 18.9 Å². The fourth-order valence-electron chi connectivity index (χ4n) is 2.12. The number of furan rings is 1. The Morgan fingerprint density at radius 1 is 1.19 bits per heavy atom. The highest BCUT2D eigenvalue weighted by Crippen LogP contribution is 2.30. The van der Waals surface area contributed by atoms with E-state index in [-0.39, 0.29) is 22.9 Å². The Labute approximate surface area is 151 Å². The number of hydrogen-bond acceptors (Lipinski definition) is 6. The van der Waals surface area contributed by atoms with Crippen LogP contribution in [0.3, 0.4) is 0 Å². The molecule has 0 unspecified atom stereocenters. The van der Waals surface area contributed by atoms with E-state index in [1.165, 1.54) is 31.6 Å². The predicted octanol–water partition coefficient (Wildman–Crippen LogP) is 4.03. The van der Waals surface area contributed by atoms with Gasteiger partial charge in [0.05, 0.1) is 18.9 Å². The maximum Gasteiger partial charge on any atom is 0.379 e. The van der Waals surface area contributed by atoms with Crippen molar-refractivity contribution < 1.29 is 23.5 Å². The first kappa shape index (κ1) is 19.0. The summed E-state index contributed by atoms with van der Waals surface area (Å²) in [6, 6.07) is 9.74. The summed E-state index contributed by atoms with van der Waals surface area (Å²) in [6.45, 7) is 5.24. The molecule has 26 heavy (non-hydrogen) atoms. The van der Waals surface area contributed by atoms with Crippen molar-refractivity contribution in [2.75, 3.05) is 7.11 Å². The number of methoxy groups -OCH3 is 1. The van der Waals surface area contributed by atoms with Gasteiger partial charge in [-0.25, -0.2) is 4.79 Å². The van der Waals surface area contributed by atoms with Crippen LogP contribution in [0.15, 0.2) is 46.6 Å². The maximum atomic E-state index is 12.3. The zero-order valence-corrected chi connectivity index (χ0v) is 15.0. The molecule has 0 aliphatic heterocycles. The number of ketones is 1. The van der Waals surface area contributed by atoms with Crippen molar-refractivity contribution in [1.29, 1.82) is 5.26 Å². The SMILES string of the molecule is COc1cc(/C=C(\C#N)C(=O)C(C)(C)C)ccc1OC(=O)c1ccco1. The summed E-state index contributed by atoms with van der Waals surface area (Å²) in [7, 11) is 1.43. The van der Waals surface area contributed by atoms with Gasteiger partial charge in [0.1, 0.15) is 6.07 Å². The standard InChI is InChI=1S/C20H19NO5/c1-20(2,3)18(22)14(12-21)10-13-7-8-15(17(11-13)24-4)26-19(23)16-6-5-9-25-16/h5-11H,1-4H3/b14-10+. The molecule has 1 aromatic carbocycles. The molecule has 2 aromatic rings. The second kappa shape index (κ2) is 7.70. The number of hydrogen-bond donors (Lipinski definition) is 0. The average Bonchev–Trinajstić information content (AvgIpc) is 3.14. The minimum absolute atomic E-state index is 0.0416. The average molecular weight is 353 g/mol. The van der Waals surface area contributed by atoms with Crippen LogP contribution in [0.2, 0.25) is 0 Å². The molecule has 0 amide bonds. The van der Waals surface area contributed by atoms with Crippen molar-refractivity contribution in [3.8, 4) is 17.6 Å². The molecule has 1 heterocycles. The molecular weight excluding hydrogens is 334 g/mol. The molecule has 0 atom stereocenters. The lowest BCUT2D eigenvalue weighted by Gasteiger charge is -2.15. The van der Waals surface area contributed by atoms with Crippen LogP contribution in [0.1, 0.15) is 36.9 Å². The number of ether oxygens (including phenoxy) is 2. The van der Waals surface area contributed by atoms with Gasteiger partial charge < -0.3 is 13.9 Å². The fraction of sp³-hybridized carbons (Fsp3) is 0.250. The number of carbonyl (C=O) groups excluding carboxylic acids is 2. The molecule has 0 saturated heterocycles. The Morgan fingerprint density at radius 3 is 2.46 bits per heavy atom. The molecule has 1 aromatic heterocycles. The van der Waals surface area contributed by atoms with E-state index in [2.05, 4.69) is 0 Å². The normalized spacial score (nSPS) is 11.6. The van der Waals surface area contributed by atoms with Crippen molar-refractivity contribution in [2.24, 2.45) is 5.41 Å². The van der Waals surface area contributed by atoms with Gasteiger partial charge in [0.2, 0.25) is 5.76 Å². The van der Waals surface area contributed by atoms with Crippen LogP contribution >= 0.6 is 0 Å². The smallest absolute Gasteiger partial charge is 0.379 e. The van der Waals surface area contributed by atoms with E-state index in [1.54, 1.807) is 39.0 Å². The fourth-order valence-corrected chi connectivity index (χ4v) is 2.12. The third kappa shape index (κ3) is 4.39. The first-order chi connectivity index (χ1) is 12.3. The van der Waals surface area contributed by atoms with Gasteiger partial charge in [0.15, 0.2) is 17.3 Å². The Balaban J connectivity index is 2.30. The second-order valence-corrected chi connectivity index (χ2v) is 6.53. The third-order valence-electron chi connectivity index (χ3n) is 3.47. The van der Waals surface area contributed by atoms with E-state index >= 15 is 0 Å². The van der Waals surface area contributed by atoms with E-state index in [0.29, 0.717) is 11.3 Å². The lowest BCUT2D eigenvalue weighted by molar-refractivity contribution is -0.121. The minimum Gasteiger partial charge on any atom is -0.493 e. The van der Waals surface area contributed by atoms with Crippen molar-refractivity contribution >= 4 is 17.8 Å². The first-order valence-electron chi connectivity index (χ1n) is 7.86. The molecule has 2 rings (SSSR count). The number of nitriles is 1. The van der Waals surface area contributed by atoms with Crippen molar-refractivity contribution in [2.45, 2.75) is 20.8 Å². The second-order valence-electron chi connectivity index (χ2n) is 6.53. The van der Waals surface area contributed by atoms with Crippen LogP contribution in [-0.2, 0) is 4.79 Å². The molecule has 0 aliphatic carbocycles. The highest BCUT2D eigenvalue weighted by molar-refractivity contribution is 6.06. The van der Waals surface area contributed by atoms with Crippen LogP contribution < -0.4 is 9.47 Å². The summed E-state index contributed by atoms with van der Waals surface area (Å²) in [5.74, 6) is -0.353. The summed E-state index contributed by atoms with van der Waals surface area (Å²) in [5.41, 5.74) is -0.0434. The van der Waals surface area contributed by atoms with Gasteiger partial charge in [-0.2, -0.15) is 5.26 Å². The molecule has 0 saturated carbocycles. The molecular formula is C20H19NO5. The summed E-state index contributed by atoms with van der Waals surface area (Å²) >= 11 is 0. The highest BCUT2D eigenvalue weighted by Gasteiger charge is 2.25. The van der Waals surface area contributed by atoms with Gasteiger partial charge in [0.25, 0.3) is 0 Å². The summed E-state index contributed by atoms with van der Waals surface area (Å²) < 4.78 is 15.5. The Bertz CT molecular complexity index is 880. The van der Waals surface area contributed by atoms with E-state index in [4.69, 9.17) is 13.9 Å². The highest BCUT2D eigenvalue weighted by atomic mass is 16.6. The maximum absolute atomic E-state index is 12.3. The Hall–Kier alpha value is -3.33. The van der Waals surface area contributed by atoms with Gasteiger partial charge >= 0.3 is 5.97 Å². The molecule has 0 fully saturated rings. The van der Waals surface area contributed by atoms with Crippen molar-refractivity contribution in [3.05, 3.63) is 53.5 Å². The van der Waals surface area contributed by atoms with Gasteiger partial charge in [-0.05, 0) is 35.9 Å². The quantitative estimate of drug-likeness (QED) is 0.349. The lowest BCUT2D eigenvalue weighted by Crippen LogP contribution is -2.21. The molecule has 0 bridgehead atoms. The van der Waals surface area contributed by atoms with Crippen LogP contribution in [0.5, 0.6) is 11.5 Å². The van der Waals surface area contributed by atoms with E-state index in [1.807, 2.05) is 6.07 Å². The Morgan fingerprint density at radius 2 is 1.92 bits per heavy atom. The van der Waals surface area contributed by atoms with E-state index < -0.39 is 11.4 Å². The van der Waals surface area contributed by atoms with Gasteiger partial charge in [-0.15, -0.1) is 0 Å². The molecule has 0 radical (unpaired) electrons. The molecule has 0 N–H and O–H groups in total. The molecule has 6 nitrogen and oxygen atoms in total. The number of nitrogens with zero attached hydrogens (tertiary/aromatic N) is 1. The number of allylic oxidation sites excluding steroid dienone is 1. The van der Waals surface area contributed by atoms with E-state index in [0.717, 1.165) is 0 Å². The van der Waals surface area contributed by atoms with Crippen LogP contribution in [0, 0.1) is 16.7 Å². The minimum atomic E-state index is -0.663. The number of Topliss-reactive ketones (excluding diaryl/α,β-unsaturated/α-hetero) is 1. The number of benzene rings is 1. The molecule has 6 heteroatoms. The van der Waals surface area contributed by atoms with Gasteiger partial charge in [-0.3, -0.25) is 4.79 Å². The monoisotopic (exact) mass is 353 g/mol. The van der Waals surface area contributed by atoms with Crippen molar-refractivity contribution in [1.82, 2.24) is 0 Å². The predicted molar refractivity (Wildman–Crippen MR) is 94.7 cm³/mol. The molecule has 0 spiro atoms. The number of carbonyl (C=O) groups is 2. The number of esters is 1. The zero-order chi connectivity index (χ0) is 19.3. The van der Waals surface area contributed by atoms with Gasteiger partial charge in [-0.1, -0.05) is 26.8 Å². The Kier molecular flexibility index (Phi) is 5.63. The topological polar surface area (TPSA) is 89.5 Å². The lowest BCUT2D eigenvalue weighted by atomic mass is 9.86.